The third-order valence-corrected chi connectivity index (χ3v) is 8.10. The number of nitrogens with one attached hydrogen (secondary N) is 1. The lowest BCUT2D eigenvalue weighted by Crippen LogP contribution is -2.51. The van der Waals surface area contributed by atoms with Gasteiger partial charge >= 0.3 is 0 Å². The summed E-state index contributed by atoms with van der Waals surface area (Å²) >= 11 is 0. The van der Waals surface area contributed by atoms with Gasteiger partial charge < -0.3 is 5.32 Å². The van der Waals surface area contributed by atoms with Crippen LogP contribution in [0.1, 0.15) is 35.2 Å². The fraction of sp³-hybridized carbons (Fsp3) is 0.320. The Morgan fingerprint density at radius 2 is 1.80 bits per heavy atom. The first-order valence-corrected chi connectivity index (χ1v) is 13.6. The van der Waals surface area contributed by atoms with Crippen LogP contribution < -0.4 is 10.2 Å². The van der Waals surface area contributed by atoms with Crippen molar-refractivity contribution in [1.29, 1.82) is 0 Å². The maximum Gasteiger partial charge on any atom is 0.267 e. The second-order valence-electron chi connectivity index (χ2n) is 9.34. The van der Waals surface area contributed by atoms with Gasteiger partial charge in [0, 0.05) is 19.0 Å². The average Bonchev–Trinajstić information content (AvgIpc) is 3.52. The summed E-state index contributed by atoms with van der Waals surface area (Å²) in [7, 11) is -1.51. The summed E-state index contributed by atoms with van der Waals surface area (Å²) in [5.74, 6) is 1.76. The van der Waals surface area contributed by atoms with Gasteiger partial charge in [-0.3, -0.25) is 14.6 Å². The first kappa shape index (κ1) is 21.8. The van der Waals surface area contributed by atoms with Crippen molar-refractivity contribution in [1.82, 2.24) is 14.7 Å². The lowest BCUT2D eigenvalue weighted by Gasteiger charge is -2.34. The predicted octanol–water partition coefficient (Wildman–Crippen LogP) is 3.26. The second kappa shape index (κ2) is 7.94. The van der Waals surface area contributed by atoms with Gasteiger partial charge in [0.1, 0.15) is 11.4 Å². The highest BCUT2D eigenvalue weighted by Gasteiger charge is 2.49. The van der Waals surface area contributed by atoms with Crippen molar-refractivity contribution in [3.05, 3.63) is 65.7 Å². The number of rotatable bonds is 5. The predicted molar refractivity (Wildman–Crippen MR) is 134 cm³/mol. The van der Waals surface area contributed by atoms with Gasteiger partial charge in [-0.1, -0.05) is 30.3 Å². The molecule has 9 nitrogen and oxygen atoms in total. The molecule has 1 fully saturated rings. The number of sulfone groups is 1. The number of carbonyl (C=O) groups excluding carboxylic acids is 1. The average molecular weight is 491 g/mol. The summed E-state index contributed by atoms with van der Waals surface area (Å²) in [6, 6.07) is 16.9. The van der Waals surface area contributed by atoms with Crippen LogP contribution in [0, 0.1) is 0 Å². The Kier molecular flexibility index (Phi) is 4.96. The molecule has 2 atom stereocenters. The van der Waals surface area contributed by atoms with E-state index in [1.807, 2.05) is 30.3 Å². The SMILES string of the molecule is CN1C(=O)c2c(nn(Cc3ccc(S(C)(=O)=O)cc3)c2Nc2ccccc2)N2C1=N[C@@H]1CCCC12. The van der Waals surface area contributed by atoms with Crippen molar-refractivity contribution in [3.8, 4) is 0 Å². The van der Waals surface area contributed by atoms with E-state index in [4.69, 9.17) is 10.1 Å². The Hall–Kier alpha value is -3.66. The number of nitrogens with zero attached hydrogens (tertiary/aromatic N) is 5. The van der Waals surface area contributed by atoms with Crippen LogP contribution in [-0.4, -0.2) is 60.4 Å². The summed E-state index contributed by atoms with van der Waals surface area (Å²) in [6.07, 6.45) is 4.34. The van der Waals surface area contributed by atoms with Crippen LogP contribution in [0.3, 0.4) is 0 Å². The molecular weight excluding hydrogens is 464 g/mol. The molecule has 0 bridgehead atoms. The lowest BCUT2D eigenvalue weighted by molar-refractivity contribution is 0.0866. The Morgan fingerprint density at radius 3 is 2.51 bits per heavy atom. The minimum Gasteiger partial charge on any atom is -0.340 e. The number of benzene rings is 2. The topological polar surface area (TPSA) is 99.9 Å². The van der Waals surface area contributed by atoms with E-state index in [9.17, 15) is 13.2 Å². The highest BCUT2D eigenvalue weighted by Crippen LogP contribution is 2.42. The van der Waals surface area contributed by atoms with Gasteiger partial charge in [0.25, 0.3) is 5.91 Å². The van der Waals surface area contributed by atoms with Crippen molar-refractivity contribution in [2.45, 2.75) is 42.8 Å². The monoisotopic (exact) mass is 490 g/mol. The molecule has 6 rings (SSSR count). The van der Waals surface area contributed by atoms with Crippen molar-refractivity contribution in [2.24, 2.45) is 4.99 Å². The molecule has 1 N–H and O–H groups in total. The van der Waals surface area contributed by atoms with Gasteiger partial charge in [-0.05, 0) is 49.1 Å². The van der Waals surface area contributed by atoms with Crippen molar-refractivity contribution in [3.63, 3.8) is 0 Å². The molecular formula is C25H26N6O3S. The highest BCUT2D eigenvalue weighted by molar-refractivity contribution is 7.90. The summed E-state index contributed by atoms with van der Waals surface area (Å²) in [6.45, 7) is 0.373. The number of guanidine groups is 1. The molecule has 2 aromatic carbocycles. The van der Waals surface area contributed by atoms with Crippen LogP contribution in [0.15, 0.2) is 64.5 Å². The van der Waals surface area contributed by atoms with E-state index in [-0.39, 0.29) is 22.9 Å². The molecule has 3 aliphatic rings. The molecule has 10 heteroatoms. The normalized spacial score (nSPS) is 21.0. The van der Waals surface area contributed by atoms with Gasteiger partial charge in [-0.25, -0.2) is 18.1 Å². The van der Waals surface area contributed by atoms with Crippen LogP contribution in [0.2, 0.25) is 0 Å². The molecule has 1 amide bonds. The quantitative estimate of drug-likeness (QED) is 0.589. The molecule has 3 heterocycles. The Morgan fingerprint density at radius 1 is 1.06 bits per heavy atom. The number of anilines is 3. The first-order chi connectivity index (χ1) is 16.8. The Bertz CT molecular complexity index is 1450. The van der Waals surface area contributed by atoms with E-state index in [1.165, 1.54) is 6.26 Å². The fourth-order valence-electron chi connectivity index (χ4n) is 5.22. The number of para-hydroxylation sites is 1. The van der Waals surface area contributed by atoms with E-state index < -0.39 is 9.84 Å². The number of fused-ring (bicyclic) bond motifs is 5. The number of hydrogen-bond acceptors (Lipinski definition) is 7. The third-order valence-electron chi connectivity index (χ3n) is 6.97. The smallest absolute Gasteiger partial charge is 0.267 e. The number of aliphatic imine (C=N–C) groups is 1. The molecule has 1 saturated carbocycles. The summed E-state index contributed by atoms with van der Waals surface area (Å²) in [4.78, 5) is 22.5. The molecule has 0 radical (unpaired) electrons. The lowest BCUT2D eigenvalue weighted by atomic mass is 10.1. The van der Waals surface area contributed by atoms with E-state index >= 15 is 0 Å². The van der Waals surface area contributed by atoms with Gasteiger partial charge in [0.05, 0.1) is 23.5 Å². The number of amides is 1. The molecule has 1 aromatic heterocycles. The molecule has 180 valence electrons. The zero-order valence-corrected chi connectivity index (χ0v) is 20.4. The molecule has 1 unspecified atom stereocenters. The minimum atomic E-state index is -3.28. The number of hydrogen-bond donors (Lipinski definition) is 1. The Balaban J connectivity index is 1.46. The molecule has 0 saturated heterocycles. The van der Waals surface area contributed by atoms with Gasteiger partial charge in [-0.15, -0.1) is 0 Å². The molecule has 3 aromatic rings. The van der Waals surface area contributed by atoms with Crippen LogP contribution in [-0.2, 0) is 16.4 Å². The van der Waals surface area contributed by atoms with E-state index in [2.05, 4.69) is 10.2 Å². The van der Waals surface area contributed by atoms with Gasteiger partial charge in [-0.2, -0.15) is 5.10 Å². The zero-order valence-electron chi connectivity index (χ0n) is 19.5. The summed E-state index contributed by atoms with van der Waals surface area (Å²) in [5, 5.41) is 8.35. The fourth-order valence-corrected chi connectivity index (χ4v) is 5.85. The van der Waals surface area contributed by atoms with E-state index in [0.29, 0.717) is 29.7 Å². The van der Waals surface area contributed by atoms with Crippen LogP contribution in [0.4, 0.5) is 17.3 Å². The molecule has 35 heavy (non-hydrogen) atoms. The summed E-state index contributed by atoms with van der Waals surface area (Å²) in [5.41, 5.74) is 2.25. The van der Waals surface area contributed by atoms with Gasteiger partial charge in [0.2, 0.25) is 5.96 Å². The first-order valence-electron chi connectivity index (χ1n) is 11.7. The maximum atomic E-state index is 13.6. The van der Waals surface area contributed by atoms with E-state index in [0.717, 1.165) is 30.5 Å². The molecule has 1 aliphatic carbocycles. The Labute approximate surface area is 204 Å². The molecule has 0 spiro atoms. The standard InChI is InChI=1S/C25H26N6O3S/c1-29-24(32)21-22(26-17-7-4-3-5-8-17)30(15-16-11-13-18(14-12-16)35(2,33)34)28-23(21)31-20-10-6-9-19(20)27-25(29)31/h3-5,7-8,11-14,19-20,26H,6,9-10,15H2,1-2H3/t19-,20?/m1/s1. The van der Waals surface area contributed by atoms with Crippen LogP contribution in [0.25, 0.3) is 0 Å². The largest absolute Gasteiger partial charge is 0.340 e. The third kappa shape index (κ3) is 3.59. The van der Waals surface area contributed by atoms with Crippen molar-refractivity contribution >= 4 is 39.0 Å². The highest BCUT2D eigenvalue weighted by atomic mass is 32.2. The second-order valence-corrected chi connectivity index (χ2v) is 11.4. The minimum absolute atomic E-state index is 0.146. The van der Waals surface area contributed by atoms with Crippen LogP contribution in [0.5, 0.6) is 0 Å². The zero-order chi connectivity index (χ0) is 24.3. The van der Waals surface area contributed by atoms with Crippen molar-refractivity contribution in [2.75, 3.05) is 23.5 Å². The van der Waals surface area contributed by atoms with Gasteiger partial charge in [0.15, 0.2) is 15.7 Å². The van der Waals surface area contributed by atoms with Crippen LogP contribution >= 0.6 is 0 Å². The van der Waals surface area contributed by atoms with E-state index in [1.54, 1.807) is 40.9 Å². The number of carbonyl (C=O) groups is 1. The number of aromatic nitrogens is 2. The maximum absolute atomic E-state index is 13.6. The molecule has 2 aliphatic heterocycles. The summed E-state index contributed by atoms with van der Waals surface area (Å²) < 4.78 is 25.5. The van der Waals surface area contributed by atoms with Crippen molar-refractivity contribution < 1.29 is 13.2 Å².